The zero-order valence-corrected chi connectivity index (χ0v) is 19.1. The minimum atomic E-state index is -4.18. The van der Waals surface area contributed by atoms with E-state index in [1.165, 1.54) is 36.5 Å². The molecule has 10 heteroatoms. The number of ketones is 1. The molecule has 2 heterocycles. The largest absolute Gasteiger partial charge is 0.378 e. The number of rotatable bonds is 6. The second-order valence-corrected chi connectivity index (χ2v) is 9.53. The number of carbonyl (C=O) groups excluding carboxylic acids is 1. The van der Waals surface area contributed by atoms with Crippen LogP contribution in [0.2, 0.25) is 5.02 Å². The van der Waals surface area contributed by atoms with Gasteiger partial charge in [0.2, 0.25) is 0 Å². The molecule has 0 unspecified atom stereocenters. The van der Waals surface area contributed by atoms with Crippen molar-refractivity contribution in [1.82, 2.24) is 0 Å². The Kier molecular flexibility index (Phi) is 6.92. The third kappa shape index (κ3) is 5.32. The molecular formula is C23H21ClFN3O4S. The fourth-order valence-electron chi connectivity index (χ4n) is 3.55. The summed E-state index contributed by atoms with van der Waals surface area (Å²) in [6.07, 6.45) is 6.70. The first-order valence-electron chi connectivity index (χ1n) is 10.2. The molecule has 0 saturated carbocycles. The molecule has 1 fully saturated rings. The van der Waals surface area contributed by atoms with Crippen LogP contribution in [0.3, 0.4) is 0 Å². The number of aliphatic imine (C=N–C) groups is 1. The van der Waals surface area contributed by atoms with E-state index in [2.05, 4.69) is 9.71 Å². The summed E-state index contributed by atoms with van der Waals surface area (Å²) in [6.45, 7) is 2.00. The number of ether oxygens (including phenoxy) is 1. The van der Waals surface area contributed by atoms with Crippen molar-refractivity contribution in [1.29, 1.82) is 0 Å². The van der Waals surface area contributed by atoms with Gasteiger partial charge in [-0.3, -0.25) is 14.5 Å². The normalized spacial score (nSPS) is 16.3. The van der Waals surface area contributed by atoms with Crippen LogP contribution in [0.25, 0.3) is 0 Å². The second kappa shape index (κ2) is 9.86. The van der Waals surface area contributed by atoms with Crippen LogP contribution in [0.5, 0.6) is 0 Å². The minimum Gasteiger partial charge on any atom is -0.378 e. The van der Waals surface area contributed by atoms with Crippen molar-refractivity contribution in [2.75, 3.05) is 35.9 Å². The number of nitrogens with one attached hydrogen (secondary N) is 1. The highest BCUT2D eigenvalue weighted by atomic mass is 35.5. The Labute approximate surface area is 196 Å². The Morgan fingerprint density at radius 2 is 1.94 bits per heavy atom. The van der Waals surface area contributed by atoms with Crippen molar-refractivity contribution < 1.29 is 22.3 Å². The van der Waals surface area contributed by atoms with E-state index in [0.29, 0.717) is 44.0 Å². The second-order valence-electron chi connectivity index (χ2n) is 7.42. The van der Waals surface area contributed by atoms with Gasteiger partial charge in [-0.2, -0.15) is 0 Å². The molecule has 0 amide bonds. The predicted molar refractivity (Wildman–Crippen MR) is 126 cm³/mol. The van der Waals surface area contributed by atoms with Gasteiger partial charge in [0, 0.05) is 41.7 Å². The SMILES string of the molecule is O=C(C1=CC=NC=CC1)c1cc(Cl)ccc1NS(=O)(=O)c1ccc(N2CCOCC2)c(F)c1. The molecule has 2 aromatic carbocycles. The van der Waals surface area contributed by atoms with Gasteiger partial charge < -0.3 is 9.64 Å². The van der Waals surface area contributed by atoms with Gasteiger partial charge in [0.1, 0.15) is 5.82 Å². The summed E-state index contributed by atoms with van der Waals surface area (Å²) < 4.78 is 48.5. The number of hydrogen-bond donors (Lipinski definition) is 1. The predicted octanol–water partition coefficient (Wildman–Crippen LogP) is 4.21. The maximum absolute atomic E-state index is 14.8. The van der Waals surface area contributed by atoms with Crippen LogP contribution < -0.4 is 9.62 Å². The maximum atomic E-state index is 14.8. The lowest BCUT2D eigenvalue weighted by Gasteiger charge is -2.29. The molecule has 1 N–H and O–H groups in total. The topological polar surface area (TPSA) is 88.1 Å². The van der Waals surface area contributed by atoms with Crippen LogP contribution in [-0.2, 0) is 14.8 Å². The van der Waals surface area contributed by atoms with E-state index >= 15 is 0 Å². The Bertz CT molecular complexity index is 1270. The fourth-order valence-corrected chi connectivity index (χ4v) is 4.81. The maximum Gasteiger partial charge on any atom is 0.262 e. The molecule has 0 aliphatic carbocycles. The highest BCUT2D eigenvalue weighted by Gasteiger charge is 2.23. The highest BCUT2D eigenvalue weighted by molar-refractivity contribution is 7.92. The Hall–Kier alpha value is -3.01. The number of carbonyl (C=O) groups is 1. The minimum absolute atomic E-state index is 0.0492. The number of hydrogen-bond acceptors (Lipinski definition) is 6. The van der Waals surface area contributed by atoms with Crippen molar-refractivity contribution in [2.45, 2.75) is 11.3 Å². The lowest BCUT2D eigenvalue weighted by molar-refractivity contribution is 0.103. The van der Waals surface area contributed by atoms with E-state index in [-0.39, 0.29) is 27.0 Å². The molecule has 0 bridgehead atoms. The van der Waals surface area contributed by atoms with Crippen LogP contribution in [0.4, 0.5) is 15.8 Å². The molecule has 0 aromatic heterocycles. The van der Waals surface area contributed by atoms with Gasteiger partial charge in [0.15, 0.2) is 5.78 Å². The molecule has 33 heavy (non-hydrogen) atoms. The molecule has 2 aliphatic rings. The average Bonchev–Trinajstić information content (AvgIpc) is 3.10. The highest BCUT2D eigenvalue weighted by Crippen LogP contribution is 2.29. The van der Waals surface area contributed by atoms with Crippen LogP contribution in [0.1, 0.15) is 16.8 Å². The number of sulfonamides is 1. The summed E-state index contributed by atoms with van der Waals surface area (Å²) in [7, 11) is -4.18. The molecular weight excluding hydrogens is 469 g/mol. The van der Waals surface area contributed by atoms with Crippen molar-refractivity contribution >= 4 is 45.0 Å². The smallest absolute Gasteiger partial charge is 0.262 e. The van der Waals surface area contributed by atoms with E-state index < -0.39 is 15.8 Å². The first-order valence-corrected chi connectivity index (χ1v) is 12.1. The molecule has 1 saturated heterocycles. The monoisotopic (exact) mass is 489 g/mol. The summed E-state index contributed by atoms with van der Waals surface area (Å²) in [5, 5.41) is 0.278. The van der Waals surface area contributed by atoms with E-state index in [0.717, 1.165) is 6.07 Å². The quantitative estimate of drug-likeness (QED) is 0.614. The average molecular weight is 490 g/mol. The van der Waals surface area contributed by atoms with Crippen molar-refractivity contribution in [3.05, 3.63) is 76.7 Å². The van der Waals surface area contributed by atoms with E-state index in [9.17, 15) is 17.6 Å². The van der Waals surface area contributed by atoms with Gasteiger partial charge in [-0.25, -0.2) is 12.8 Å². The number of halogens is 2. The number of Topliss-reactive ketones (excluding diaryl/α,β-unsaturated/α-hetero) is 1. The van der Waals surface area contributed by atoms with Gasteiger partial charge in [0.25, 0.3) is 10.0 Å². The van der Waals surface area contributed by atoms with Crippen molar-refractivity contribution in [3.63, 3.8) is 0 Å². The van der Waals surface area contributed by atoms with Crippen LogP contribution >= 0.6 is 11.6 Å². The molecule has 0 radical (unpaired) electrons. The number of allylic oxidation sites excluding steroid dienone is 3. The third-order valence-electron chi connectivity index (χ3n) is 5.23. The summed E-state index contributed by atoms with van der Waals surface area (Å²) in [5.41, 5.74) is 0.880. The number of nitrogens with zero attached hydrogens (tertiary/aromatic N) is 2. The standard InChI is InChI=1S/C23H21ClFN3O4S/c24-17-3-5-21(19(14-17)23(29)16-2-1-8-26-9-7-16)27-33(30,31)18-4-6-22(20(25)15-18)28-10-12-32-13-11-28/h1,3-9,14-15,27H,2,10-13H2. The summed E-state index contributed by atoms with van der Waals surface area (Å²) in [4.78, 5) is 18.6. The van der Waals surface area contributed by atoms with Gasteiger partial charge in [-0.15, -0.1) is 0 Å². The van der Waals surface area contributed by atoms with Gasteiger partial charge >= 0.3 is 0 Å². The zero-order chi connectivity index (χ0) is 23.4. The third-order valence-corrected chi connectivity index (χ3v) is 6.83. The fraction of sp³-hybridized carbons (Fsp3) is 0.217. The molecule has 4 rings (SSSR count). The lowest BCUT2D eigenvalue weighted by Crippen LogP contribution is -2.36. The summed E-state index contributed by atoms with van der Waals surface area (Å²) in [5.74, 6) is -1.04. The van der Waals surface area contributed by atoms with Crippen molar-refractivity contribution in [3.8, 4) is 0 Å². The van der Waals surface area contributed by atoms with Gasteiger partial charge in [0.05, 0.1) is 29.5 Å². The molecule has 0 spiro atoms. The van der Waals surface area contributed by atoms with Crippen LogP contribution in [0.15, 0.2) is 70.2 Å². The Morgan fingerprint density at radius 1 is 1.15 bits per heavy atom. The number of morpholine rings is 1. The van der Waals surface area contributed by atoms with Gasteiger partial charge in [-0.05, 0) is 48.9 Å². The molecule has 7 nitrogen and oxygen atoms in total. The molecule has 2 aromatic rings. The van der Waals surface area contributed by atoms with E-state index in [1.54, 1.807) is 23.3 Å². The van der Waals surface area contributed by atoms with Crippen LogP contribution in [0, 0.1) is 5.82 Å². The molecule has 172 valence electrons. The number of anilines is 2. The molecule has 2 aliphatic heterocycles. The first kappa shape index (κ1) is 23.2. The van der Waals surface area contributed by atoms with E-state index in [4.69, 9.17) is 16.3 Å². The number of benzene rings is 2. The Balaban J connectivity index is 1.63. The zero-order valence-electron chi connectivity index (χ0n) is 17.5. The lowest BCUT2D eigenvalue weighted by atomic mass is 9.99. The summed E-state index contributed by atoms with van der Waals surface area (Å²) >= 11 is 6.08. The first-order chi connectivity index (χ1) is 15.8. The Morgan fingerprint density at radius 3 is 2.70 bits per heavy atom. The molecule has 0 atom stereocenters. The van der Waals surface area contributed by atoms with E-state index in [1.807, 2.05) is 0 Å². The van der Waals surface area contributed by atoms with Gasteiger partial charge in [-0.1, -0.05) is 17.7 Å². The summed E-state index contributed by atoms with van der Waals surface area (Å²) in [6, 6.07) is 8.03. The van der Waals surface area contributed by atoms with Crippen molar-refractivity contribution in [2.24, 2.45) is 4.99 Å². The van der Waals surface area contributed by atoms with Crippen LogP contribution in [-0.4, -0.2) is 46.7 Å².